The van der Waals surface area contributed by atoms with E-state index in [-0.39, 0.29) is 10.6 Å². The molecule has 2 rings (SSSR count). The molecule has 0 aliphatic heterocycles. The molecule has 0 fully saturated rings. The van der Waals surface area contributed by atoms with Crippen molar-refractivity contribution in [3.8, 4) is 0 Å². The standard InChI is InChI=1S/C10H5ClF4N4O/c11-6-3-4(12)1-2-5(6)7(20)16-9-17-8(18-19-9)10(13,14)15/h1-3H,(H2,16,17,18,19,20). The number of rotatable bonds is 2. The van der Waals surface area contributed by atoms with E-state index in [2.05, 4.69) is 10.1 Å². The average Bonchev–Trinajstić information content (AvgIpc) is 2.76. The van der Waals surface area contributed by atoms with E-state index in [1.165, 1.54) is 0 Å². The molecule has 20 heavy (non-hydrogen) atoms. The van der Waals surface area contributed by atoms with Crippen LogP contribution in [0.1, 0.15) is 16.2 Å². The molecular weight excluding hydrogens is 304 g/mol. The van der Waals surface area contributed by atoms with Crippen molar-refractivity contribution < 1.29 is 22.4 Å². The Hall–Kier alpha value is -2.16. The van der Waals surface area contributed by atoms with Gasteiger partial charge in [-0.05, 0) is 18.2 Å². The fourth-order valence-electron chi connectivity index (χ4n) is 1.29. The second-order valence-corrected chi connectivity index (χ2v) is 3.99. The Balaban J connectivity index is 2.17. The summed E-state index contributed by atoms with van der Waals surface area (Å²) in [5.74, 6) is -3.42. The number of aromatic nitrogens is 3. The van der Waals surface area contributed by atoms with Gasteiger partial charge in [-0.25, -0.2) is 4.39 Å². The lowest BCUT2D eigenvalue weighted by atomic mass is 10.2. The largest absolute Gasteiger partial charge is 0.451 e. The van der Waals surface area contributed by atoms with Crippen LogP contribution in [0, 0.1) is 5.82 Å². The van der Waals surface area contributed by atoms with Crippen LogP contribution >= 0.6 is 11.6 Å². The molecule has 1 amide bonds. The highest BCUT2D eigenvalue weighted by Crippen LogP contribution is 2.26. The van der Waals surface area contributed by atoms with E-state index in [9.17, 15) is 22.4 Å². The van der Waals surface area contributed by atoms with Gasteiger partial charge in [0, 0.05) is 0 Å². The second kappa shape index (κ2) is 5.08. The van der Waals surface area contributed by atoms with Gasteiger partial charge in [0.05, 0.1) is 10.6 Å². The lowest BCUT2D eigenvalue weighted by Gasteiger charge is -2.03. The average molecular weight is 309 g/mol. The summed E-state index contributed by atoms with van der Waals surface area (Å²) >= 11 is 5.64. The predicted molar refractivity (Wildman–Crippen MR) is 60.7 cm³/mol. The van der Waals surface area contributed by atoms with Crippen LogP contribution in [0.25, 0.3) is 0 Å². The molecule has 1 aromatic heterocycles. The summed E-state index contributed by atoms with van der Waals surface area (Å²) in [6, 6.07) is 2.97. The lowest BCUT2D eigenvalue weighted by Crippen LogP contribution is -2.14. The van der Waals surface area contributed by atoms with E-state index < -0.39 is 29.7 Å². The molecule has 106 valence electrons. The van der Waals surface area contributed by atoms with Gasteiger partial charge in [0.15, 0.2) is 0 Å². The molecule has 0 bridgehead atoms. The van der Waals surface area contributed by atoms with Crippen molar-refractivity contribution in [1.29, 1.82) is 0 Å². The van der Waals surface area contributed by atoms with Crippen LogP contribution in [0.15, 0.2) is 18.2 Å². The summed E-state index contributed by atoms with van der Waals surface area (Å²) in [6.07, 6.45) is -4.70. The van der Waals surface area contributed by atoms with Crippen LogP contribution in [0.3, 0.4) is 0 Å². The monoisotopic (exact) mass is 308 g/mol. The quantitative estimate of drug-likeness (QED) is 0.838. The van der Waals surface area contributed by atoms with E-state index in [1.54, 1.807) is 5.10 Å². The zero-order chi connectivity index (χ0) is 14.9. The number of nitrogens with zero attached hydrogens (tertiary/aromatic N) is 2. The molecule has 0 saturated carbocycles. The number of alkyl halides is 3. The Labute approximate surface area is 114 Å². The molecule has 0 unspecified atom stereocenters. The first-order valence-electron chi connectivity index (χ1n) is 5.03. The number of carbonyl (C=O) groups is 1. The van der Waals surface area contributed by atoms with Crippen LogP contribution in [-0.4, -0.2) is 21.1 Å². The molecule has 0 atom stereocenters. The lowest BCUT2D eigenvalue weighted by molar-refractivity contribution is -0.144. The van der Waals surface area contributed by atoms with Gasteiger partial charge in [0.2, 0.25) is 11.8 Å². The van der Waals surface area contributed by atoms with E-state index in [1.807, 2.05) is 5.32 Å². The van der Waals surface area contributed by atoms with Crippen molar-refractivity contribution in [1.82, 2.24) is 15.2 Å². The zero-order valence-electron chi connectivity index (χ0n) is 9.42. The summed E-state index contributed by atoms with van der Waals surface area (Å²) in [7, 11) is 0. The van der Waals surface area contributed by atoms with Crippen molar-refractivity contribution >= 4 is 23.5 Å². The van der Waals surface area contributed by atoms with Gasteiger partial charge >= 0.3 is 6.18 Å². The first-order chi connectivity index (χ1) is 9.27. The van der Waals surface area contributed by atoms with Crippen LogP contribution in [-0.2, 0) is 6.18 Å². The Morgan fingerprint density at radius 3 is 2.60 bits per heavy atom. The highest BCUT2D eigenvalue weighted by molar-refractivity contribution is 6.34. The van der Waals surface area contributed by atoms with Crippen LogP contribution in [0.5, 0.6) is 0 Å². The SMILES string of the molecule is O=C(Nc1n[nH]c(C(F)(F)F)n1)c1ccc(F)cc1Cl. The summed E-state index contributed by atoms with van der Waals surface area (Å²) < 4.78 is 49.6. The molecule has 10 heteroatoms. The molecule has 0 aliphatic rings. The fourth-order valence-corrected chi connectivity index (χ4v) is 1.54. The normalized spacial score (nSPS) is 11.4. The van der Waals surface area contributed by atoms with Crippen LogP contribution in [0.2, 0.25) is 5.02 Å². The summed E-state index contributed by atoms with van der Waals surface area (Å²) in [6.45, 7) is 0. The minimum atomic E-state index is -4.70. The Kier molecular flexibility index (Phi) is 3.62. The zero-order valence-corrected chi connectivity index (χ0v) is 10.2. The van der Waals surface area contributed by atoms with Gasteiger partial charge in [-0.2, -0.15) is 18.2 Å². The Morgan fingerprint density at radius 2 is 2.05 bits per heavy atom. The number of aromatic amines is 1. The molecule has 5 nitrogen and oxygen atoms in total. The molecule has 2 aromatic rings. The predicted octanol–water partition coefficient (Wildman–Crippen LogP) is 2.87. The molecular formula is C10H5ClF4N4O. The maximum Gasteiger partial charge on any atom is 0.451 e. The maximum atomic E-state index is 12.8. The minimum absolute atomic E-state index is 0.119. The van der Waals surface area contributed by atoms with E-state index >= 15 is 0 Å². The van der Waals surface area contributed by atoms with Gasteiger partial charge < -0.3 is 0 Å². The van der Waals surface area contributed by atoms with Gasteiger partial charge in [0.25, 0.3) is 5.91 Å². The molecule has 1 aromatic carbocycles. The third kappa shape index (κ3) is 3.05. The highest BCUT2D eigenvalue weighted by atomic mass is 35.5. The van der Waals surface area contributed by atoms with E-state index in [0.717, 1.165) is 18.2 Å². The smallest absolute Gasteiger partial charge is 0.289 e. The van der Waals surface area contributed by atoms with Crippen molar-refractivity contribution in [2.24, 2.45) is 0 Å². The van der Waals surface area contributed by atoms with Crippen LogP contribution in [0.4, 0.5) is 23.5 Å². The van der Waals surface area contributed by atoms with Gasteiger partial charge in [-0.1, -0.05) is 11.6 Å². The maximum absolute atomic E-state index is 12.8. The summed E-state index contributed by atoms with van der Waals surface area (Å²) in [4.78, 5) is 14.8. The minimum Gasteiger partial charge on any atom is -0.289 e. The number of hydrogen-bond acceptors (Lipinski definition) is 3. The second-order valence-electron chi connectivity index (χ2n) is 3.58. The Morgan fingerprint density at radius 1 is 1.35 bits per heavy atom. The molecule has 0 radical (unpaired) electrons. The molecule has 0 spiro atoms. The third-order valence-corrected chi connectivity index (χ3v) is 2.47. The van der Waals surface area contributed by atoms with E-state index in [0.29, 0.717) is 0 Å². The van der Waals surface area contributed by atoms with Gasteiger partial charge in [-0.15, -0.1) is 5.10 Å². The third-order valence-electron chi connectivity index (χ3n) is 2.16. The summed E-state index contributed by atoms with van der Waals surface area (Å²) in [5.41, 5.74) is -0.119. The van der Waals surface area contributed by atoms with Gasteiger partial charge in [0.1, 0.15) is 5.82 Å². The number of halogens is 5. The molecule has 0 aliphatic carbocycles. The molecule has 0 saturated heterocycles. The van der Waals surface area contributed by atoms with Crippen molar-refractivity contribution in [2.45, 2.75) is 6.18 Å². The molecule has 2 N–H and O–H groups in total. The summed E-state index contributed by atoms with van der Waals surface area (Å²) in [5, 5.41) is 6.65. The van der Waals surface area contributed by atoms with E-state index in [4.69, 9.17) is 11.6 Å². The van der Waals surface area contributed by atoms with Gasteiger partial charge in [-0.3, -0.25) is 15.2 Å². The number of anilines is 1. The van der Waals surface area contributed by atoms with Crippen molar-refractivity contribution in [3.63, 3.8) is 0 Å². The number of H-pyrrole nitrogens is 1. The highest BCUT2D eigenvalue weighted by Gasteiger charge is 2.35. The van der Waals surface area contributed by atoms with Crippen LogP contribution < -0.4 is 5.32 Å². The molecule has 1 heterocycles. The van der Waals surface area contributed by atoms with Crippen molar-refractivity contribution in [2.75, 3.05) is 5.32 Å². The first-order valence-corrected chi connectivity index (χ1v) is 5.41. The topological polar surface area (TPSA) is 70.7 Å². The number of nitrogens with one attached hydrogen (secondary N) is 2. The Bertz CT molecular complexity index is 655. The number of hydrogen-bond donors (Lipinski definition) is 2. The fraction of sp³-hybridized carbons (Fsp3) is 0.100. The number of benzene rings is 1. The number of amides is 1. The first kappa shape index (κ1) is 14.3. The van der Waals surface area contributed by atoms with Crippen molar-refractivity contribution in [3.05, 3.63) is 40.4 Å². The number of carbonyl (C=O) groups excluding carboxylic acids is 1.